The van der Waals surface area contributed by atoms with Gasteiger partial charge in [-0.1, -0.05) is 31.7 Å². The number of benzene rings is 1. The molecule has 0 saturated heterocycles. The largest absolute Gasteiger partial charge is 0.489 e. The van der Waals surface area contributed by atoms with E-state index in [1.807, 2.05) is 31.2 Å². The van der Waals surface area contributed by atoms with Gasteiger partial charge in [-0.2, -0.15) is 14.9 Å². The van der Waals surface area contributed by atoms with Crippen molar-refractivity contribution in [3.63, 3.8) is 0 Å². The number of aromatic nitrogens is 3. The average molecular weight is 288 g/mol. The van der Waals surface area contributed by atoms with Crippen LogP contribution in [0.25, 0.3) is 0 Å². The van der Waals surface area contributed by atoms with Gasteiger partial charge in [-0.3, -0.25) is 5.10 Å². The first kappa shape index (κ1) is 14.2. The molecular formula is C14H16N4OS. The van der Waals surface area contributed by atoms with E-state index in [0.717, 1.165) is 23.6 Å². The van der Waals surface area contributed by atoms with E-state index in [0.29, 0.717) is 11.4 Å². The summed E-state index contributed by atoms with van der Waals surface area (Å²) < 4.78 is 7.66. The lowest BCUT2D eigenvalue weighted by Crippen LogP contribution is -2.00. The summed E-state index contributed by atoms with van der Waals surface area (Å²) in [6.07, 6.45) is 4.16. The van der Waals surface area contributed by atoms with Gasteiger partial charge in [0.2, 0.25) is 4.77 Å². The van der Waals surface area contributed by atoms with E-state index in [-0.39, 0.29) is 0 Å². The van der Waals surface area contributed by atoms with Crippen LogP contribution in [-0.2, 0) is 6.42 Å². The van der Waals surface area contributed by atoms with E-state index in [9.17, 15) is 0 Å². The van der Waals surface area contributed by atoms with Crippen LogP contribution < -0.4 is 4.74 Å². The van der Waals surface area contributed by atoms with Crippen LogP contribution in [0.3, 0.4) is 0 Å². The third kappa shape index (κ3) is 3.21. The Hall–Kier alpha value is -2.21. The molecule has 0 fully saturated rings. The number of hydrogen-bond acceptors (Lipinski definition) is 4. The minimum Gasteiger partial charge on any atom is -0.489 e. The van der Waals surface area contributed by atoms with Crippen LogP contribution in [0.5, 0.6) is 5.75 Å². The Morgan fingerprint density at radius 1 is 1.50 bits per heavy atom. The predicted molar refractivity (Wildman–Crippen MR) is 81.9 cm³/mol. The zero-order chi connectivity index (χ0) is 14.4. The molecule has 0 amide bonds. The molecule has 104 valence electrons. The molecule has 1 N–H and O–H groups in total. The lowest BCUT2D eigenvalue weighted by atomic mass is 10.2. The molecule has 1 aromatic heterocycles. The second-order valence-corrected chi connectivity index (χ2v) is 4.38. The minimum absolute atomic E-state index is 0.455. The highest BCUT2D eigenvalue weighted by Crippen LogP contribution is 2.16. The molecule has 0 saturated carbocycles. The van der Waals surface area contributed by atoms with Crippen molar-refractivity contribution in [2.24, 2.45) is 5.10 Å². The van der Waals surface area contributed by atoms with Crippen molar-refractivity contribution in [1.82, 2.24) is 14.9 Å². The molecule has 0 unspecified atom stereocenters. The van der Waals surface area contributed by atoms with E-state index >= 15 is 0 Å². The molecule has 20 heavy (non-hydrogen) atoms. The van der Waals surface area contributed by atoms with Crippen LogP contribution in [0.4, 0.5) is 0 Å². The molecule has 0 radical (unpaired) electrons. The molecule has 0 spiro atoms. The van der Waals surface area contributed by atoms with Crippen molar-refractivity contribution in [2.75, 3.05) is 6.61 Å². The van der Waals surface area contributed by atoms with Crippen LogP contribution in [0.2, 0.25) is 0 Å². The van der Waals surface area contributed by atoms with Gasteiger partial charge in [0.15, 0.2) is 5.82 Å². The first-order valence-electron chi connectivity index (χ1n) is 6.29. The van der Waals surface area contributed by atoms with Gasteiger partial charge >= 0.3 is 0 Å². The highest BCUT2D eigenvalue weighted by atomic mass is 32.1. The molecule has 1 aromatic carbocycles. The number of ether oxygens (including phenoxy) is 1. The molecule has 2 rings (SSSR count). The molecule has 0 bridgehead atoms. The minimum atomic E-state index is 0.455. The lowest BCUT2D eigenvalue weighted by molar-refractivity contribution is 0.362. The summed E-state index contributed by atoms with van der Waals surface area (Å²) in [5.74, 6) is 1.54. The topological polar surface area (TPSA) is 55.2 Å². The number of nitrogens with one attached hydrogen (secondary N) is 1. The second-order valence-electron chi connectivity index (χ2n) is 3.99. The Kier molecular flexibility index (Phi) is 4.84. The van der Waals surface area contributed by atoms with Crippen LogP contribution in [-0.4, -0.2) is 27.7 Å². The smallest absolute Gasteiger partial charge is 0.216 e. The third-order valence-electron chi connectivity index (χ3n) is 2.62. The van der Waals surface area contributed by atoms with Crippen LogP contribution in [0.15, 0.2) is 42.0 Å². The maximum absolute atomic E-state index is 5.57. The molecule has 1 heterocycles. The summed E-state index contributed by atoms with van der Waals surface area (Å²) in [5, 5.41) is 11.2. The SMILES string of the molecule is C=CCOc1ccccc1/C=N\n1c(CC)n[nH]c1=S. The second kappa shape index (κ2) is 6.81. The number of aryl methyl sites for hydroxylation is 1. The Morgan fingerprint density at radius 2 is 2.30 bits per heavy atom. The fraction of sp³-hybridized carbons (Fsp3) is 0.214. The van der Waals surface area contributed by atoms with Gasteiger partial charge < -0.3 is 4.74 Å². The Morgan fingerprint density at radius 3 is 3.05 bits per heavy atom. The van der Waals surface area contributed by atoms with Gasteiger partial charge in [-0.25, -0.2) is 0 Å². The van der Waals surface area contributed by atoms with E-state index in [2.05, 4.69) is 21.9 Å². The van der Waals surface area contributed by atoms with E-state index in [1.165, 1.54) is 0 Å². The Balaban J connectivity index is 2.29. The summed E-state index contributed by atoms with van der Waals surface area (Å²) in [6, 6.07) is 7.66. The maximum atomic E-state index is 5.57. The summed E-state index contributed by atoms with van der Waals surface area (Å²) >= 11 is 5.14. The fourth-order valence-corrected chi connectivity index (χ4v) is 1.86. The van der Waals surface area contributed by atoms with Gasteiger partial charge in [0.05, 0.1) is 6.21 Å². The average Bonchev–Trinajstić information content (AvgIpc) is 2.84. The Bertz CT molecular complexity index is 672. The number of nitrogens with zero attached hydrogens (tertiary/aromatic N) is 3. The monoisotopic (exact) mass is 288 g/mol. The summed E-state index contributed by atoms with van der Waals surface area (Å²) in [4.78, 5) is 0. The maximum Gasteiger partial charge on any atom is 0.216 e. The van der Waals surface area contributed by atoms with E-state index in [1.54, 1.807) is 17.0 Å². The van der Waals surface area contributed by atoms with Crippen LogP contribution in [0, 0.1) is 4.77 Å². The molecule has 0 aliphatic heterocycles. The molecule has 2 aromatic rings. The molecular weight excluding hydrogens is 272 g/mol. The van der Waals surface area contributed by atoms with Crippen molar-refractivity contribution in [3.8, 4) is 5.75 Å². The Labute approximate surface area is 122 Å². The van der Waals surface area contributed by atoms with Gasteiger partial charge in [0.25, 0.3) is 0 Å². The molecule has 0 aliphatic carbocycles. The van der Waals surface area contributed by atoms with Gasteiger partial charge in [0.1, 0.15) is 12.4 Å². The first-order chi connectivity index (χ1) is 9.76. The third-order valence-corrected chi connectivity index (χ3v) is 2.89. The van der Waals surface area contributed by atoms with Crippen LogP contribution >= 0.6 is 12.2 Å². The van der Waals surface area contributed by atoms with Gasteiger partial charge in [0, 0.05) is 12.0 Å². The normalized spacial score (nSPS) is 10.8. The summed E-state index contributed by atoms with van der Waals surface area (Å²) in [7, 11) is 0. The number of hydrogen-bond donors (Lipinski definition) is 1. The van der Waals surface area contributed by atoms with Crippen molar-refractivity contribution in [1.29, 1.82) is 0 Å². The molecule has 0 atom stereocenters. The van der Waals surface area contributed by atoms with E-state index in [4.69, 9.17) is 17.0 Å². The highest BCUT2D eigenvalue weighted by molar-refractivity contribution is 7.71. The standard InChI is InChI=1S/C14H16N4OS/c1-3-9-19-12-8-6-5-7-11(12)10-15-18-13(4-2)16-17-14(18)20/h3,5-8,10H,1,4,9H2,2H3,(H,17,20)/b15-10-. The summed E-state index contributed by atoms with van der Waals surface area (Å²) in [6.45, 7) is 6.09. The zero-order valence-electron chi connectivity index (χ0n) is 11.2. The molecule has 0 aliphatic rings. The molecule has 5 nitrogen and oxygen atoms in total. The molecule has 6 heteroatoms. The quantitative estimate of drug-likeness (QED) is 0.505. The zero-order valence-corrected chi connectivity index (χ0v) is 12.1. The lowest BCUT2D eigenvalue weighted by Gasteiger charge is -2.06. The van der Waals surface area contributed by atoms with Crippen molar-refractivity contribution in [2.45, 2.75) is 13.3 Å². The number of aromatic amines is 1. The van der Waals surface area contributed by atoms with E-state index < -0.39 is 0 Å². The first-order valence-corrected chi connectivity index (χ1v) is 6.70. The number of para-hydroxylation sites is 1. The fourth-order valence-electron chi connectivity index (χ4n) is 1.66. The predicted octanol–water partition coefficient (Wildman–Crippen LogP) is 2.95. The van der Waals surface area contributed by atoms with Crippen molar-refractivity contribution >= 4 is 18.4 Å². The highest BCUT2D eigenvalue weighted by Gasteiger charge is 2.03. The summed E-state index contributed by atoms with van der Waals surface area (Å²) in [5.41, 5.74) is 0.875. The van der Waals surface area contributed by atoms with Gasteiger partial charge in [-0.05, 0) is 24.4 Å². The number of H-pyrrole nitrogens is 1. The van der Waals surface area contributed by atoms with Crippen molar-refractivity contribution < 1.29 is 4.74 Å². The van der Waals surface area contributed by atoms with Crippen molar-refractivity contribution in [3.05, 3.63) is 53.1 Å². The number of rotatable bonds is 6. The van der Waals surface area contributed by atoms with Crippen LogP contribution in [0.1, 0.15) is 18.3 Å². The van der Waals surface area contributed by atoms with Gasteiger partial charge in [-0.15, -0.1) is 0 Å².